The van der Waals surface area contributed by atoms with E-state index in [1.165, 1.54) is 6.07 Å². The van der Waals surface area contributed by atoms with Crippen LogP contribution in [0.5, 0.6) is 0 Å². The Morgan fingerprint density at radius 1 is 1.18 bits per heavy atom. The van der Waals surface area contributed by atoms with E-state index in [1.807, 2.05) is 29.4 Å². The number of carboxylic acid groups (broad SMARTS) is 1. The van der Waals surface area contributed by atoms with Crippen molar-refractivity contribution in [2.45, 2.75) is 70.4 Å². The summed E-state index contributed by atoms with van der Waals surface area (Å²) in [5, 5.41) is 10.1. The van der Waals surface area contributed by atoms with Crippen molar-refractivity contribution < 1.29 is 32.3 Å². The van der Waals surface area contributed by atoms with Gasteiger partial charge in [-0.25, -0.2) is 19.0 Å². The van der Waals surface area contributed by atoms with Crippen molar-refractivity contribution in [1.29, 1.82) is 0 Å². The second kappa shape index (κ2) is 10.9. The summed E-state index contributed by atoms with van der Waals surface area (Å²) in [7, 11) is 0. The Bertz CT molecular complexity index is 1310. The van der Waals surface area contributed by atoms with Crippen LogP contribution in [0.2, 0.25) is 0 Å². The number of carboxylic acids is 1. The van der Waals surface area contributed by atoms with Gasteiger partial charge in [0.05, 0.1) is 11.3 Å². The summed E-state index contributed by atoms with van der Waals surface area (Å²) in [6.45, 7) is 7.80. The van der Waals surface area contributed by atoms with Gasteiger partial charge in [0.25, 0.3) is 5.56 Å². The van der Waals surface area contributed by atoms with Gasteiger partial charge in [0.1, 0.15) is 11.6 Å². The molecule has 0 aliphatic carbocycles. The SMILES string of the molecule is CC(C)NC(=O)N1CCC2(CCn3c2nc2c(c3=O)CN(Cc3cccc(F)c3)CC2)C1.O=C(O)C(F)(F)F. The van der Waals surface area contributed by atoms with Gasteiger partial charge in [0.15, 0.2) is 0 Å². The van der Waals surface area contributed by atoms with Gasteiger partial charge in [-0.15, -0.1) is 0 Å². The second-order valence-electron chi connectivity index (χ2n) is 10.5. The number of urea groups is 1. The number of amides is 2. The maximum Gasteiger partial charge on any atom is 0.490 e. The van der Waals surface area contributed by atoms with Gasteiger partial charge < -0.3 is 15.3 Å². The summed E-state index contributed by atoms with van der Waals surface area (Å²) >= 11 is 0. The maximum atomic E-state index is 13.5. The number of nitrogens with zero attached hydrogens (tertiary/aromatic N) is 4. The molecule has 1 saturated heterocycles. The molecular weight excluding hydrogens is 522 g/mol. The van der Waals surface area contributed by atoms with Crippen LogP contribution in [0.4, 0.5) is 22.4 Å². The molecule has 39 heavy (non-hydrogen) atoms. The quantitative estimate of drug-likeness (QED) is 0.566. The Labute approximate surface area is 222 Å². The molecule has 0 bridgehead atoms. The van der Waals surface area contributed by atoms with Crippen molar-refractivity contribution >= 4 is 12.0 Å². The Morgan fingerprint density at radius 3 is 2.51 bits per heavy atom. The van der Waals surface area contributed by atoms with Crippen LogP contribution in [-0.4, -0.2) is 68.3 Å². The van der Waals surface area contributed by atoms with Gasteiger partial charge in [0.2, 0.25) is 0 Å². The van der Waals surface area contributed by atoms with Gasteiger partial charge in [-0.1, -0.05) is 12.1 Å². The van der Waals surface area contributed by atoms with E-state index in [0.29, 0.717) is 39.1 Å². The van der Waals surface area contributed by atoms with Crippen LogP contribution >= 0.6 is 0 Å². The lowest BCUT2D eigenvalue weighted by Gasteiger charge is -2.30. The Morgan fingerprint density at radius 2 is 1.87 bits per heavy atom. The average molecular weight is 554 g/mol. The number of carbonyl (C=O) groups is 2. The lowest BCUT2D eigenvalue weighted by Crippen LogP contribution is -2.43. The molecule has 1 aromatic carbocycles. The number of alkyl halides is 3. The number of likely N-dealkylation sites (tertiary alicyclic amines) is 1. The van der Waals surface area contributed by atoms with E-state index in [0.717, 1.165) is 42.0 Å². The molecule has 1 unspecified atom stereocenters. The minimum absolute atomic E-state index is 0.0383. The first-order valence-corrected chi connectivity index (χ1v) is 12.7. The molecule has 2 aromatic rings. The molecule has 0 radical (unpaired) electrons. The van der Waals surface area contributed by atoms with Crippen molar-refractivity contribution in [2.24, 2.45) is 0 Å². The highest BCUT2D eigenvalue weighted by molar-refractivity contribution is 5.75. The van der Waals surface area contributed by atoms with Crippen LogP contribution in [-0.2, 0) is 36.3 Å². The van der Waals surface area contributed by atoms with Crippen LogP contribution in [0.15, 0.2) is 29.1 Å². The molecule has 13 heteroatoms. The minimum atomic E-state index is -5.08. The first-order chi connectivity index (χ1) is 18.3. The fraction of sp³-hybridized carbons (Fsp3) is 0.538. The monoisotopic (exact) mass is 553 g/mol. The molecule has 1 spiro atoms. The number of halogens is 4. The maximum absolute atomic E-state index is 13.5. The first kappa shape index (κ1) is 28.5. The van der Waals surface area contributed by atoms with E-state index >= 15 is 0 Å². The van der Waals surface area contributed by atoms with Gasteiger partial charge in [0, 0.05) is 57.1 Å². The largest absolute Gasteiger partial charge is 0.490 e. The summed E-state index contributed by atoms with van der Waals surface area (Å²) in [4.78, 5) is 43.9. The molecule has 3 aliphatic rings. The van der Waals surface area contributed by atoms with Crippen LogP contribution in [0, 0.1) is 5.82 Å². The molecule has 3 aliphatic heterocycles. The van der Waals surface area contributed by atoms with Crippen molar-refractivity contribution in [2.75, 3.05) is 19.6 Å². The first-order valence-electron chi connectivity index (χ1n) is 12.7. The molecule has 2 N–H and O–H groups in total. The van der Waals surface area contributed by atoms with E-state index in [1.54, 1.807) is 12.1 Å². The number of hydrogen-bond donors (Lipinski definition) is 2. The summed E-state index contributed by atoms with van der Waals surface area (Å²) in [6.07, 6.45) is -2.69. The predicted molar refractivity (Wildman–Crippen MR) is 133 cm³/mol. The smallest absolute Gasteiger partial charge is 0.475 e. The summed E-state index contributed by atoms with van der Waals surface area (Å²) in [5.41, 5.74) is 2.40. The predicted octanol–water partition coefficient (Wildman–Crippen LogP) is 3.04. The second-order valence-corrected chi connectivity index (χ2v) is 10.5. The van der Waals surface area contributed by atoms with Crippen LogP contribution in [0.25, 0.3) is 0 Å². The topological polar surface area (TPSA) is 108 Å². The van der Waals surface area contributed by atoms with Crippen LogP contribution in [0.1, 0.15) is 49.3 Å². The lowest BCUT2D eigenvalue weighted by molar-refractivity contribution is -0.192. The number of carbonyl (C=O) groups excluding carboxylic acids is 1. The fourth-order valence-electron chi connectivity index (χ4n) is 5.42. The summed E-state index contributed by atoms with van der Waals surface area (Å²) in [5.74, 6) is -2.13. The molecule has 212 valence electrons. The number of rotatable bonds is 3. The van der Waals surface area contributed by atoms with E-state index in [4.69, 9.17) is 14.9 Å². The number of aliphatic carboxylic acids is 1. The Hall–Kier alpha value is -3.48. The third-order valence-corrected chi connectivity index (χ3v) is 7.27. The van der Waals surface area contributed by atoms with Crippen molar-refractivity contribution in [3.8, 4) is 0 Å². The number of nitrogens with one attached hydrogen (secondary N) is 1. The number of fused-ring (bicyclic) bond motifs is 3. The summed E-state index contributed by atoms with van der Waals surface area (Å²) < 4.78 is 47.1. The summed E-state index contributed by atoms with van der Waals surface area (Å²) in [6, 6.07) is 6.69. The van der Waals surface area contributed by atoms with Crippen LogP contribution in [0.3, 0.4) is 0 Å². The Kier molecular flexibility index (Phi) is 8.01. The third kappa shape index (κ3) is 6.23. The van der Waals surface area contributed by atoms with Gasteiger partial charge in [-0.2, -0.15) is 13.2 Å². The molecule has 4 heterocycles. The lowest BCUT2D eigenvalue weighted by atomic mass is 9.85. The normalized spacial score (nSPS) is 20.4. The van der Waals surface area contributed by atoms with E-state index < -0.39 is 12.1 Å². The van der Waals surface area contributed by atoms with Gasteiger partial charge >= 0.3 is 18.2 Å². The van der Waals surface area contributed by atoms with Crippen molar-refractivity contribution in [3.63, 3.8) is 0 Å². The zero-order valence-electron chi connectivity index (χ0n) is 21.7. The highest BCUT2D eigenvalue weighted by Crippen LogP contribution is 2.41. The van der Waals surface area contributed by atoms with Crippen LogP contribution < -0.4 is 10.9 Å². The molecule has 2 amide bonds. The zero-order chi connectivity index (χ0) is 28.5. The molecule has 1 fully saturated rings. The fourth-order valence-corrected chi connectivity index (χ4v) is 5.42. The zero-order valence-corrected chi connectivity index (χ0v) is 21.7. The minimum Gasteiger partial charge on any atom is -0.475 e. The van der Waals surface area contributed by atoms with Gasteiger partial charge in [-0.3, -0.25) is 14.3 Å². The molecule has 1 aromatic heterocycles. The average Bonchev–Trinajstić information content (AvgIpc) is 3.44. The highest BCUT2D eigenvalue weighted by Gasteiger charge is 2.48. The Balaban J connectivity index is 0.000000448. The van der Waals surface area contributed by atoms with E-state index in [9.17, 15) is 27.2 Å². The molecule has 9 nitrogen and oxygen atoms in total. The third-order valence-electron chi connectivity index (χ3n) is 7.27. The van der Waals surface area contributed by atoms with Crippen molar-refractivity contribution in [1.82, 2.24) is 24.7 Å². The molecule has 1 atom stereocenters. The number of benzene rings is 1. The molecule has 5 rings (SSSR count). The molecular formula is C26H31F4N5O4. The standard InChI is InChI=1S/C24H30FN5O2.C2HF3O2/c1-16(2)26-23(32)29-10-7-24(15-29)8-11-30-21(31)19-14-28(9-6-20(19)27-22(24)30)13-17-4-3-5-18(25)12-17;3-2(4,5)1(6)7/h3-5,12,16H,6-11,13-15H2,1-2H3,(H,26,32);(H,6,7). The van der Waals surface area contributed by atoms with E-state index in [-0.39, 0.29) is 28.9 Å². The van der Waals surface area contributed by atoms with Gasteiger partial charge in [-0.05, 0) is 44.4 Å². The van der Waals surface area contributed by atoms with E-state index in [2.05, 4.69) is 10.2 Å². The number of hydrogen-bond acceptors (Lipinski definition) is 5. The number of aromatic nitrogens is 2. The van der Waals surface area contributed by atoms with Crippen molar-refractivity contribution in [3.05, 3.63) is 63.1 Å². The highest BCUT2D eigenvalue weighted by atomic mass is 19.4. The molecule has 0 saturated carbocycles.